The smallest absolute Gasteiger partial charge is 0.363 e. The summed E-state index contributed by atoms with van der Waals surface area (Å²) in [6, 6.07) is 11.7. The van der Waals surface area contributed by atoms with E-state index in [2.05, 4.69) is 16.0 Å². The van der Waals surface area contributed by atoms with Crippen LogP contribution in [0.1, 0.15) is 130 Å². The van der Waals surface area contributed by atoms with Crippen molar-refractivity contribution < 1.29 is 61.8 Å². The number of ether oxygens (including phenoxy) is 4. The Morgan fingerprint density at radius 2 is 1.49 bits per heavy atom. The number of nitrogens with one attached hydrogen (secondary N) is 3. The minimum absolute atomic E-state index is 0.0715. The molecule has 2 aromatic carbocycles. The van der Waals surface area contributed by atoms with Crippen LogP contribution >= 0.6 is 0 Å². The topological polar surface area (TPSA) is 218 Å². The van der Waals surface area contributed by atoms with Crippen LogP contribution in [0.5, 0.6) is 11.5 Å². The number of rotatable bonds is 29. The molecular weight excluding hydrogens is 817 g/mol. The molecule has 1 aromatic heterocycles. The van der Waals surface area contributed by atoms with Crippen molar-refractivity contribution in [2.75, 3.05) is 33.6 Å². The van der Waals surface area contributed by atoms with Gasteiger partial charge in [0.25, 0.3) is 11.8 Å². The highest BCUT2D eigenvalue weighted by Gasteiger charge is 2.34. The molecule has 1 heterocycles. The number of amides is 4. The maximum atomic E-state index is 13.6. The zero-order chi connectivity index (χ0) is 46.1. The Morgan fingerprint density at radius 3 is 2.13 bits per heavy atom. The molecule has 4 amide bonds. The number of hydrogen-bond acceptors (Lipinski definition) is 13. The number of hydroxylamine groups is 2. The summed E-state index contributed by atoms with van der Waals surface area (Å²) in [6.45, 7) is 9.66. The first kappa shape index (κ1) is 51.0. The fraction of sp³-hybridized carbons (Fsp3) is 0.500. The van der Waals surface area contributed by atoms with Crippen molar-refractivity contribution >= 4 is 42.0 Å². The predicted octanol–water partition coefficient (Wildman–Crippen LogP) is 6.54. The number of carbonyl (C=O) groups excluding carboxylic acids is 7. The van der Waals surface area contributed by atoms with Gasteiger partial charge in [-0.2, -0.15) is 5.06 Å². The molecule has 17 nitrogen and oxygen atoms in total. The molecule has 0 aliphatic rings. The predicted molar refractivity (Wildman–Crippen MR) is 231 cm³/mol. The third-order valence-corrected chi connectivity index (χ3v) is 9.90. The number of methoxy groups -OCH3 is 1. The summed E-state index contributed by atoms with van der Waals surface area (Å²) in [5, 5.41) is 8.80. The van der Waals surface area contributed by atoms with Gasteiger partial charge >= 0.3 is 17.9 Å². The van der Waals surface area contributed by atoms with Gasteiger partial charge in [0.2, 0.25) is 12.3 Å². The van der Waals surface area contributed by atoms with Gasteiger partial charge in [-0.15, -0.1) is 0 Å². The summed E-state index contributed by atoms with van der Waals surface area (Å²) in [5.41, 5.74) is 0.732. The molecule has 0 bridgehead atoms. The molecule has 3 N–H and O–H groups in total. The van der Waals surface area contributed by atoms with Crippen LogP contribution in [0.2, 0.25) is 0 Å². The van der Waals surface area contributed by atoms with Crippen molar-refractivity contribution in [1.29, 1.82) is 0 Å². The maximum absolute atomic E-state index is 13.6. The van der Waals surface area contributed by atoms with E-state index in [0.717, 1.165) is 30.7 Å². The number of benzene rings is 2. The molecule has 0 spiro atoms. The van der Waals surface area contributed by atoms with E-state index < -0.39 is 60.1 Å². The summed E-state index contributed by atoms with van der Waals surface area (Å²) >= 11 is 0. The minimum atomic E-state index is -1.30. The molecule has 344 valence electrons. The number of nitrogens with zero attached hydrogens (tertiary/aromatic N) is 1. The summed E-state index contributed by atoms with van der Waals surface area (Å²) in [5.74, 6) is -3.84. The molecule has 0 fully saturated rings. The van der Waals surface area contributed by atoms with Crippen LogP contribution in [-0.2, 0) is 33.5 Å². The normalized spacial score (nSPS) is 12.2. The Bertz CT molecular complexity index is 1950. The van der Waals surface area contributed by atoms with Gasteiger partial charge in [-0.1, -0.05) is 65.9 Å². The van der Waals surface area contributed by atoms with Crippen LogP contribution in [0.15, 0.2) is 59.0 Å². The molecule has 0 saturated carbocycles. The minimum Gasteiger partial charge on any atom is -0.497 e. The van der Waals surface area contributed by atoms with Crippen LogP contribution in [-0.4, -0.2) is 92.8 Å². The standard InChI is InChI=1S/C46H62N4O13/c1-7-12-15-16-34(37(10-4)50(30-51)63-45(56)31-17-20-33(58-6)21-18-31)42(53)47-29-48-44(55)39-24-23-38(62-39)32-19-22-35(40(27-32)59-11-5)43(54)49-36(46(57)61-26-14-9-3)28-41(52)60-25-13-8-2/h17-24,27,30,34,36-37H,7-16,25-26,28-29H2,1-6H3,(H,47,53)(H,48,55)(H,49,54)/t34-,36+,37-/m1/s1. The maximum Gasteiger partial charge on any atom is 0.363 e. The zero-order valence-electron chi connectivity index (χ0n) is 37.2. The fourth-order valence-corrected chi connectivity index (χ4v) is 6.38. The average Bonchev–Trinajstić information content (AvgIpc) is 3.79. The van der Waals surface area contributed by atoms with Gasteiger partial charge < -0.3 is 44.2 Å². The first-order valence-electron chi connectivity index (χ1n) is 21.6. The molecule has 0 radical (unpaired) electrons. The second kappa shape index (κ2) is 27.5. The molecule has 3 atom stereocenters. The van der Waals surface area contributed by atoms with E-state index in [9.17, 15) is 33.6 Å². The van der Waals surface area contributed by atoms with E-state index in [-0.39, 0.29) is 54.9 Å². The third kappa shape index (κ3) is 16.1. The zero-order valence-corrected chi connectivity index (χ0v) is 37.2. The number of hydrogen-bond donors (Lipinski definition) is 3. The van der Waals surface area contributed by atoms with Gasteiger partial charge in [0.15, 0.2) is 5.76 Å². The van der Waals surface area contributed by atoms with Gasteiger partial charge in [-0.05, 0) is 81.1 Å². The van der Waals surface area contributed by atoms with E-state index >= 15 is 0 Å². The van der Waals surface area contributed by atoms with E-state index in [1.165, 1.54) is 31.4 Å². The summed E-state index contributed by atoms with van der Waals surface area (Å²) in [6.07, 6.45) is 5.92. The Balaban J connectivity index is 1.70. The van der Waals surface area contributed by atoms with Crippen molar-refractivity contribution in [2.24, 2.45) is 5.92 Å². The van der Waals surface area contributed by atoms with Crippen molar-refractivity contribution in [3.63, 3.8) is 0 Å². The van der Waals surface area contributed by atoms with Crippen molar-refractivity contribution in [3.8, 4) is 22.8 Å². The Hall–Kier alpha value is -6.39. The van der Waals surface area contributed by atoms with Gasteiger partial charge in [0.1, 0.15) is 23.3 Å². The monoisotopic (exact) mass is 878 g/mol. The van der Waals surface area contributed by atoms with E-state index in [1.54, 1.807) is 44.2 Å². The lowest BCUT2D eigenvalue weighted by atomic mass is 9.90. The first-order valence-corrected chi connectivity index (χ1v) is 21.6. The van der Waals surface area contributed by atoms with Crippen LogP contribution in [0.3, 0.4) is 0 Å². The van der Waals surface area contributed by atoms with Crippen LogP contribution < -0.4 is 25.4 Å². The Labute approximate surface area is 368 Å². The van der Waals surface area contributed by atoms with Crippen molar-refractivity contribution in [1.82, 2.24) is 21.0 Å². The van der Waals surface area contributed by atoms with Crippen LogP contribution in [0.4, 0.5) is 0 Å². The quantitative estimate of drug-likeness (QED) is 0.0222. The highest BCUT2D eigenvalue weighted by atomic mass is 16.7. The summed E-state index contributed by atoms with van der Waals surface area (Å²) in [7, 11) is 1.50. The van der Waals surface area contributed by atoms with Crippen LogP contribution in [0.25, 0.3) is 11.3 Å². The molecule has 0 saturated heterocycles. The van der Waals surface area contributed by atoms with Gasteiger partial charge in [0, 0.05) is 5.56 Å². The van der Waals surface area contributed by atoms with Gasteiger partial charge in [-0.25, -0.2) is 9.59 Å². The number of carbonyl (C=O) groups is 7. The molecule has 63 heavy (non-hydrogen) atoms. The van der Waals surface area contributed by atoms with Crippen molar-refractivity contribution in [2.45, 2.75) is 111 Å². The Morgan fingerprint density at radius 1 is 0.794 bits per heavy atom. The fourth-order valence-electron chi connectivity index (χ4n) is 6.38. The summed E-state index contributed by atoms with van der Waals surface area (Å²) in [4.78, 5) is 96.4. The molecule has 0 aliphatic heterocycles. The average molecular weight is 879 g/mol. The molecule has 3 rings (SSSR count). The second-order valence-corrected chi connectivity index (χ2v) is 14.5. The highest BCUT2D eigenvalue weighted by Crippen LogP contribution is 2.30. The molecule has 3 aromatic rings. The largest absolute Gasteiger partial charge is 0.497 e. The SMILES string of the molecule is CCCCC[C@@H](C(=O)NCNC(=O)c1ccc(-c2ccc(C(=O)N[C@@H](CC(=O)OCCCC)C(=O)OCCCC)c(OCC)c2)o1)[C@@H](CC)N(C=O)OC(=O)c1ccc(OC)cc1. The van der Waals surface area contributed by atoms with E-state index in [4.69, 9.17) is 28.2 Å². The van der Waals surface area contributed by atoms with E-state index in [1.807, 2.05) is 20.8 Å². The van der Waals surface area contributed by atoms with E-state index in [0.29, 0.717) is 49.8 Å². The van der Waals surface area contributed by atoms with Gasteiger partial charge in [-0.3, -0.25) is 24.0 Å². The molecule has 0 unspecified atom stereocenters. The molecule has 17 heteroatoms. The molecular formula is C46H62N4O13. The lowest BCUT2D eigenvalue weighted by Crippen LogP contribution is -2.49. The van der Waals surface area contributed by atoms with Gasteiger partial charge in [0.05, 0.1) is 63.1 Å². The lowest BCUT2D eigenvalue weighted by molar-refractivity contribution is -0.171. The molecule has 0 aliphatic carbocycles. The number of esters is 2. The summed E-state index contributed by atoms with van der Waals surface area (Å²) < 4.78 is 27.3. The number of furan rings is 1. The number of unbranched alkanes of at least 4 members (excludes halogenated alkanes) is 4. The van der Waals surface area contributed by atoms with Crippen molar-refractivity contribution in [3.05, 3.63) is 71.5 Å². The Kier molecular flexibility index (Phi) is 22.3. The lowest BCUT2D eigenvalue weighted by Gasteiger charge is -2.31. The van der Waals surface area contributed by atoms with Crippen LogP contribution in [0, 0.1) is 5.92 Å². The highest BCUT2D eigenvalue weighted by molar-refractivity contribution is 6.00. The second-order valence-electron chi connectivity index (χ2n) is 14.5. The first-order chi connectivity index (χ1) is 30.4. The third-order valence-electron chi connectivity index (χ3n) is 9.90.